The first-order chi connectivity index (χ1) is 11.9. The van der Waals surface area contributed by atoms with Crippen molar-refractivity contribution < 1.29 is 13.2 Å². The average Bonchev–Trinajstić information content (AvgIpc) is 3.16. The summed E-state index contributed by atoms with van der Waals surface area (Å²) < 4.78 is 42.0. The molecule has 0 radical (unpaired) electrons. The normalized spacial score (nSPS) is 13.6. The van der Waals surface area contributed by atoms with E-state index in [2.05, 4.69) is 10.4 Å². The molecule has 3 aromatic rings. The lowest BCUT2D eigenvalue weighted by molar-refractivity contribution is -0.137. The van der Waals surface area contributed by atoms with Crippen LogP contribution in [0, 0.1) is 6.92 Å². The molecule has 0 saturated heterocycles. The second-order valence-corrected chi connectivity index (χ2v) is 6.15. The Balaban J connectivity index is 1.93. The molecule has 25 heavy (non-hydrogen) atoms. The fraction of sp³-hybridized carbons (Fsp3) is 0.211. The molecule has 1 N–H and O–H groups in total. The van der Waals surface area contributed by atoms with E-state index in [-0.39, 0.29) is 5.56 Å². The van der Waals surface area contributed by atoms with Gasteiger partial charge in [0.25, 0.3) is 0 Å². The zero-order valence-corrected chi connectivity index (χ0v) is 13.6. The molecule has 1 aliphatic rings. The number of anilines is 1. The first-order valence-electron chi connectivity index (χ1n) is 8.04. The zero-order valence-electron chi connectivity index (χ0n) is 13.6. The van der Waals surface area contributed by atoms with Crippen LogP contribution in [0.1, 0.15) is 16.7 Å². The summed E-state index contributed by atoms with van der Waals surface area (Å²) >= 11 is 0. The van der Waals surface area contributed by atoms with Gasteiger partial charge in [-0.05, 0) is 37.1 Å². The highest BCUT2D eigenvalue weighted by atomic mass is 19.4. The molecule has 0 spiro atoms. The third-order valence-electron chi connectivity index (χ3n) is 4.38. The summed E-state index contributed by atoms with van der Waals surface area (Å²) in [5, 5.41) is 7.80. The van der Waals surface area contributed by atoms with Gasteiger partial charge < -0.3 is 5.32 Å². The minimum atomic E-state index is -4.41. The van der Waals surface area contributed by atoms with Gasteiger partial charge in [-0.3, -0.25) is 0 Å². The Morgan fingerprint density at radius 2 is 1.88 bits per heavy atom. The van der Waals surface area contributed by atoms with Crippen molar-refractivity contribution in [1.82, 2.24) is 9.78 Å². The molecule has 0 fully saturated rings. The van der Waals surface area contributed by atoms with E-state index in [1.807, 2.05) is 31.2 Å². The topological polar surface area (TPSA) is 29.9 Å². The lowest BCUT2D eigenvalue weighted by Crippen LogP contribution is -2.08. The van der Waals surface area contributed by atoms with E-state index < -0.39 is 11.7 Å². The molecular formula is C19H16F3N3. The molecule has 0 bridgehead atoms. The Morgan fingerprint density at radius 3 is 2.64 bits per heavy atom. The number of benzene rings is 2. The zero-order chi connectivity index (χ0) is 17.6. The summed E-state index contributed by atoms with van der Waals surface area (Å²) in [6.07, 6.45) is -3.76. The van der Waals surface area contributed by atoms with Gasteiger partial charge in [-0.1, -0.05) is 30.3 Å². The molecule has 2 aromatic carbocycles. The summed E-state index contributed by atoms with van der Waals surface area (Å²) in [4.78, 5) is 0. The Hall–Kier alpha value is -2.76. The van der Waals surface area contributed by atoms with Crippen LogP contribution >= 0.6 is 0 Å². The SMILES string of the molecule is Cc1cccc(-n2nc(-c3ccccc3C(F)(F)F)c3c2NCC3)c1. The van der Waals surface area contributed by atoms with Crippen LogP contribution in [0.2, 0.25) is 0 Å². The highest BCUT2D eigenvalue weighted by Gasteiger charge is 2.35. The van der Waals surface area contributed by atoms with Crippen molar-refractivity contribution >= 4 is 5.82 Å². The standard InChI is InChI=1S/C19H16F3N3/c1-12-5-4-6-13(11-12)25-18-15(9-10-23-18)17(24-25)14-7-2-3-8-16(14)19(20,21)22/h2-8,11,23H,9-10H2,1H3. The molecule has 2 heterocycles. The minimum Gasteiger partial charge on any atom is -0.369 e. The van der Waals surface area contributed by atoms with Crippen molar-refractivity contribution in [2.45, 2.75) is 19.5 Å². The molecule has 0 aliphatic carbocycles. The van der Waals surface area contributed by atoms with E-state index in [1.54, 1.807) is 10.7 Å². The van der Waals surface area contributed by atoms with Gasteiger partial charge in [0.05, 0.1) is 16.9 Å². The molecule has 0 saturated carbocycles. The second-order valence-electron chi connectivity index (χ2n) is 6.15. The molecule has 128 valence electrons. The number of rotatable bonds is 2. The largest absolute Gasteiger partial charge is 0.417 e. The maximum Gasteiger partial charge on any atom is 0.417 e. The Labute approximate surface area is 143 Å². The van der Waals surface area contributed by atoms with E-state index in [4.69, 9.17) is 0 Å². The summed E-state index contributed by atoms with van der Waals surface area (Å²) in [5.74, 6) is 0.776. The molecule has 0 amide bonds. The number of aromatic nitrogens is 2. The van der Waals surface area contributed by atoms with Crippen LogP contribution < -0.4 is 5.32 Å². The fourth-order valence-corrected chi connectivity index (χ4v) is 3.27. The van der Waals surface area contributed by atoms with E-state index in [9.17, 15) is 13.2 Å². The smallest absolute Gasteiger partial charge is 0.369 e. The van der Waals surface area contributed by atoms with Gasteiger partial charge in [0, 0.05) is 17.7 Å². The predicted octanol–water partition coefficient (Wildman–Crippen LogP) is 4.83. The van der Waals surface area contributed by atoms with Gasteiger partial charge in [-0.2, -0.15) is 18.3 Å². The summed E-state index contributed by atoms with van der Waals surface area (Å²) in [7, 11) is 0. The van der Waals surface area contributed by atoms with Gasteiger partial charge in [-0.25, -0.2) is 4.68 Å². The van der Waals surface area contributed by atoms with Crippen LogP contribution in [0.15, 0.2) is 48.5 Å². The number of nitrogens with zero attached hydrogens (tertiary/aromatic N) is 2. The van der Waals surface area contributed by atoms with Crippen molar-refractivity contribution in [3.05, 3.63) is 65.2 Å². The van der Waals surface area contributed by atoms with Gasteiger partial charge in [0.1, 0.15) is 5.82 Å². The first kappa shape index (κ1) is 15.7. The molecule has 0 atom stereocenters. The average molecular weight is 343 g/mol. The quantitative estimate of drug-likeness (QED) is 0.722. The van der Waals surface area contributed by atoms with Crippen molar-refractivity contribution in [2.75, 3.05) is 11.9 Å². The predicted molar refractivity (Wildman–Crippen MR) is 90.9 cm³/mol. The van der Waals surface area contributed by atoms with Crippen molar-refractivity contribution in [3.8, 4) is 16.9 Å². The molecular weight excluding hydrogens is 327 g/mol. The van der Waals surface area contributed by atoms with Gasteiger partial charge >= 0.3 is 6.18 Å². The number of halogens is 3. The maximum absolute atomic E-state index is 13.4. The number of hydrogen-bond acceptors (Lipinski definition) is 2. The van der Waals surface area contributed by atoms with Crippen LogP contribution in [0.5, 0.6) is 0 Å². The van der Waals surface area contributed by atoms with E-state index >= 15 is 0 Å². The van der Waals surface area contributed by atoms with E-state index in [0.29, 0.717) is 18.7 Å². The third kappa shape index (κ3) is 2.67. The number of alkyl halides is 3. The van der Waals surface area contributed by atoms with Crippen LogP contribution in [-0.4, -0.2) is 16.3 Å². The van der Waals surface area contributed by atoms with Crippen molar-refractivity contribution in [3.63, 3.8) is 0 Å². The van der Waals surface area contributed by atoms with Crippen molar-refractivity contribution in [1.29, 1.82) is 0 Å². The summed E-state index contributed by atoms with van der Waals surface area (Å²) in [6, 6.07) is 13.4. The third-order valence-corrected chi connectivity index (χ3v) is 4.38. The van der Waals surface area contributed by atoms with E-state index in [0.717, 1.165) is 28.7 Å². The monoisotopic (exact) mass is 343 g/mol. The second kappa shape index (κ2) is 5.65. The molecule has 6 heteroatoms. The van der Waals surface area contributed by atoms with Crippen LogP contribution in [0.3, 0.4) is 0 Å². The molecule has 1 aliphatic heterocycles. The van der Waals surface area contributed by atoms with E-state index in [1.165, 1.54) is 12.1 Å². The Bertz CT molecular complexity index is 941. The molecule has 4 rings (SSSR count). The van der Waals surface area contributed by atoms with Crippen LogP contribution in [0.25, 0.3) is 16.9 Å². The summed E-state index contributed by atoms with van der Waals surface area (Å²) in [5.41, 5.74) is 2.60. The van der Waals surface area contributed by atoms with Gasteiger partial charge in [-0.15, -0.1) is 0 Å². The number of fused-ring (bicyclic) bond motifs is 1. The number of hydrogen-bond donors (Lipinski definition) is 1. The van der Waals surface area contributed by atoms with Crippen LogP contribution in [0.4, 0.5) is 19.0 Å². The van der Waals surface area contributed by atoms with Crippen molar-refractivity contribution in [2.24, 2.45) is 0 Å². The lowest BCUT2D eigenvalue weighted by atomic mass is 10.0. The maximum atomic E-state index is 13.4. The first-order valence-corrected chi connectivity index (χ1v) is 8.04. The lowest BCUT2D eigenvalue weighted by Gasteiger charge is -2.11. The van der Waals surface area contributed by atoms with Crippen LogP contribution in [-0.2, 0) is 12.6 Å². The highest BCUT2D eigenvalue weighted by Crippen LogP contribution is 2.41. The summed E-state index contributed by atoms with van der Waals surface area (Å²) in [6.45, 7) is 2.67. The molecule has 3 nitrogen and oxygen atoms in total. The van der Waals surface area contributed by atoms with Gasteiger partial charge in [0.2, 0.25) is 0 Å². The minimum absolute atomic E-state index is 0.126. The molecule has 1 aromatic heterocycles. The number of aryl methyl sites for hydroxylation is 1. The Morgan fingerprint density at radius 1 is 1.08 bits per heavy atom. The fourth-order valence-electron chi connectivity index (χ4n) is 3.27. The molecule has 0 unspecified atom stereocenters. The van der Waals surface area contributed by atoms with Gasteiger partial charge in [0.15, 0.2) is 0 Å². The Kier molecular flexibility index (Phi) is 3.56. The highest BCUT2D eigenvalue weighted by molar-refractivity contribution is 5.75. The number of nitrogens with one attached hydrogen (secondary N) is 1.